The van der Waals surface area contributed by atoms with Crippen molar-refractivity contribution in [1.29, 1.82) is 0 Å². The Hall–Kier alpha value is -1.76. The number of likely N-dealkylation sites (tertiary alicyclic amines) is 1. The lowest BCUT2D eigenvalue weighted by atomic mass is 9.80. The molecule has 1 spiro atoms. The number of urea groups is 1. The zero-order valence-electron chi connectivity index (χ0n) is 16.0. The van der Waals surface area contributed by atoms with Gasteiger partial charge in [0.15, 0.2) is 9.84 Å². The highest BCUT2D eigenvalue weighted by Crippen LogP contribution is 2.40. The van der Waals surface area contributed by atoms with Crippen LogP contribution >= 0.6 is 0 Å². The summed E-state index contributed by atoms with van der Waals surface area (Å²) in [4.78, 5) is 14.7. The molecule has 1 atom stereocenters. The highest BCUT2D eigenvalue weighted by Gasteiger charge is 2.45. The Balaban J connectivity index is 1.78. The van der Waals surface area contributed by atoms with Crippen LogP contribution in [0, 0.1) is 26.2 Å². The van der Waals surface area contributed by atoms with Gasteiger partial charge in [0.05, 0.1) is 18.6 Å². The molecule has 3 rings (SSSR count). The average Bonchev–Trinajstić information content (AvgIpc) is 2.88. The van der Waals surface area contributed by atoms with Crippen LogP contribution in [0.1, 0.15) is 36.0 Å². The van der Waals surface area contributed by atoms with Gasteiger partial charge in [0, 0.05) is 24.2 Å². The molecule has 0 bridgehead atoms. The molecule has 144 valence electrons. The lowest BCUT2D eigenvalue weighted by molar-refractivity contribution is 0.130. The number of hydrogen-bond donors (Lipinski definition) is 1. The molecular formula is C19H28N2O4S. The molecule has 2 amide bonds. The maximum absolute atomic E-state index is 12.9. The van der Waals surface area contributed by atoms with Crippen molar-refractivity contribution in [3.63, 3.8) is 0 Å². The number of carbonyl (C=O) groups excluding carboxylic acids is 1. The molecule has 1 aromatic rings. The van der Waals surface area contributed by atoms with Crippen LogP contribution in [0.2, 0.25) is 0 Å². The number of sulfone groups is 1. The van der Waals surface area contributed by atoms with Crippen molar-refractivity contribution < 1.29 is 17.9 Å². The van der Waals surface area contributed by atoms with Crippen molar-refractivity contribution in [1.82, 2.24) is 4.90 Å². The van der Waals surface area contributed by atoms with Gasteiger partial charge in [-0.3, -0.25) is 0 Å². The molecule has 2 fully saturated rings. The van der Waals surface area contributed by atoms with E-state index in [1.165, 1.54) is 0 Å². The number of amides is 2. The van der Waals surface area contributed by atoms with E-state index in [-0.39, 0.29) is 23.0 Å². The van der Waals surface area contributed by atoms with Crippen LogP contribution in [-0.4, -0.2) is 51.1 Å². The van der Waals surface area contributed by atoms with Gasteiger partial charge in [-0.2, -0.15) is 0 Å². The number of nitrogens with zero attached hydrogens (tertiary/aromatic N) is 1. The van der Waals surface area contributed by atoms with E-state index in [0.717, 1.165) is 41.0 Å². The molecule has 2 saturated heterocycles. The number of benzene rings is 1. The summed E-state index contributed by atoms with van der Waals surface area (Å²) in [5, 5.41) is 3.05. The number of ether oxygens (including phenoxy) is 1. The Bertz CT molecular complexity index is 834. The monoisotopic (exact) mass is 380 g/mol. The van der Waals surface area contributed by atoms with Gasteiger partial charge in [-0.15, -0.1) is 0 Å². The second-order valence-electron chi connectivity index (χ2n) is 7.82. The molecule has 7 heteroatoms. The third-order valence-corrected chi connectivity index (χ3v) is 7.80. The summed E-state index contributed by atoms with van der Waals surface area (Å²) in [6.07, 6.45) is 2.40. The minimum absolute atomic E-state index is 0.149. The number of anilines is 1. The standard InChI is InChI=1S/C19H28N2O4S/c1-13-10-16(25-4)14(2)15(3)17(13)20-18(22)21-8-5-6-19(11-21)7-9-26(23,24)12-19/h10H,5-9,11-12H2,1-4H3,(H,20,22). The SMILES string of the molecule is COc1cc(C)c(NC(=O)N2CCCC3(CCS(=O)(=O)C3)C2)c(C)c1C. The van der Waals surface area contributed by atoms with Gasteiger partial charge in [0.2, 0.25) is 0 Å². The molecule has 1 unspecified atom stereocenters. The molecule has 2 heterocycles. The fraction of sp³-hybridized carbons (Fsp3) is 0.632. The Kier molecular flexibility index (Phi) is 4.94. The molecule has 2 aliphatic rings. The minimum atomic E-state index is -2.96. The van der Waals surface area contributed by atoms with E-state index < -0.39 is 9.84 Å². The second-order valence-corrected chi connectivity index (χ2v) is 10.0. The predicted molar refractivity (Wildman–Crippen MR) is 103 cm³/mol. The van der Waals surface area contributed by atoms with E-state index in [4.69, 9.17) is 4.74 Å². The number of aryl methyl sites for hydroxylation is 1. The zero-order chi connectivity index (χ0) is 19.1. The van der Waals surface area contributed by atoms with Gasteiger partial charge in [0.1, 0.15) is 5.75 Å². The molecule has 1 aromatic carbocycles. The van der Waals surface area contributed by atoms with Crippen LogP contribution in [-0.2, 0) is 9.84 Å². The predicted octanol–water partition coefficient (Wildman–Crippen LogP) is 3.05. The molecule has 2 aliphatic heterocycles. The van der Waals surface area contributed by atoms with Crippen LogP contribution in [0.5, 0.6) is 5.75 Å². The fourth-order valence-corrected chi connectivity index (χ4v) is 6.52. The van der Waals surface area contributed by atoms with Crippen LogP contribution in [0.3, 0.4) is 0 Å². The molecule has 0 aromatic heterocycles. The number of methoxy groups -OCH3 is 1. The number of nitrogens with one attached hydrogen (secondary N) is 1. The highest BCUT2D eigenvalue weighted by atomic mass is 32.2. The lowest BCUT2D eigenvalue weighted by Crippen LogP contribution is -2.48. The van der Waals surface area contributed by atoms with E-state index >= 15 is 0 Å². The molecule has 6 nitrogen and oxygen atoms in total. The first-order valence-corrected chi connectivity index (χ1v) is 10.9. The van der Waals surface area contributed by atoms with Crippen molar-refractivity contribution in [3.8, 4) is 5.75 Å². The van der Waals surface area contributed by atoms with E-state index in [1.807, 2.05) is 26.8 Å². The summed E-state index contributed by atoms with van der Waals surface area (Å²) in [7, 11) is -1.32. The van der Waals surface area contributed by atoms with E-state index in [1.54, 1.807) is 12.0 Å². The maximum atomic E-state index is 12.9. The Morgan fingerprint density at radius 3 is 2.58 bits per heavy atom. The lowest BCUT2D eigenvalue weighted by Gasteiger charge is -2.39. The first kappa shape index (κ1) is 19.0. The molecule has 0 aliphatic carbocycles. The number of carbonyl (C=O) groups is 1. The zero-order valence-corrected chi connectivity index (χ0v) is 16.8. The summed E-state index contributed by atoms with van der Waals surface area (Å²) >= 11 is 0. The smallest absolute Gasteiger partial charge is 0.321 e. The van der Waals surface area contributed by atoms with Crippen molar-refractivity contribution in [2.75, 3.05) is 37.0 Å². The first-order valence-electron chi connectivity index (χ1n) is 9.07. The third kappa shape index (κ3) is 3.54. The third-order valence-electron chi connectivity index (χ3n) is 5.92. The molecule has 0 radical (unpaired) electrons. The minimum Gasteiger partial charge on any atom is -0.496 e. The number of piperidine rings is 1. The summed E-state index contributed by atoms with van der Waals surface area (Å²) in [5.74, 6) is 1.27. The van der Waals surface area contributed by atoms with Crippen LogP contribution in [0.25, 0.3) is 0 Å². The van der Waals surface area contributed by atoms with Gasteiger partial charge >= 0.3 is 6.03 Å². The van der Waals surface area contributed by atoms with Crippen molar-refractivity contribution in [2.24, 2.45) is 5.41 Å². The van der Waals surface area contributed by atoms with Crippen LogP contribution in [0.15, 0.2) is 6.07 Å². The van der Waals surface area contributed by atoms with Gasteiger partial charge in [-0.25, -0.2) is 13.2 Å². The topological polar surface area (TPSA) is 75.7 Å². The Morgan fingerprint density at radius 2 is 1.96 bits per heavy atom. The largest absolute Gasteiger partial charge is 0.496 e. The molecule has 1 N–H and O–H groups in total. The van der Waals surface area contributed by atoms with Crippen molar-refractivity contribution in [3.05, 3.63) is 22.8 Å². The number of rotatable bonds is 2. The van der Waals surface area contributed by atoms with E-state index in [9.17, 15) is 13.2 Å². The molecular weight excluding hydrogens is 352 g/mol. The molecule has 26 heavy (non-hydrogen) atoms. The Labute approximate surface area is 155 Å². The summed E-state index contributed by atoms with van der Waals surface area (Å²) in [5.41, 5.74) is 3.50. The van der Waals surface area contributed by atoms with Gasteiger partial charge < -0.3 is 15.0 Å². The van der Waals surface area contributed by atoms with Gasteiger partial charge in [0.25, 0.3) is 0 Å². The van der Waals surface area contributed by atoms with Crippen LogP contribution in [0.4, 0.5) is 10.5 Å². The van der Waals surface area contributed by atoms with Gasteiger partial charge in [-0.1, -0.05) is 0 Å². The van der Waals surface area contributed by atoms with Gasteiger partial charge in [-0.05, 0) is 62.8 Å². The quantitative estimate of drug-likeness (QED) is 0.856. The summed E-state index contributed by atoms with van der Waals surface area (Å²) < 4.78 is 29.2. The second kappa shape index (κ2) is 6.76. The fourth-order valence-electron chi connectivity index (χ4n) is 4.32. The normalized spacial score (nSPS) is 24.7. The van der Waals surface area contributed by atoms with Crippen molar-refractivity contribution >= 4 is 21.6 Å². The highest BCUT2D eigenvalue weighted by molar-refractivity contribution is 7.91. The first-order chi connectivity index (χ1) is 12.2. The van der Waals surface area contributed by atoms with Crippen molar-refractivity contribution in [2.45, 2.75) is 40.0 Å². The summed E-state index contributed by atoms with van der Waals surface area (Å²) in [6.45, 7) is 7.09. The van der Waals surface area contributed by atoms with E-state index in [0.29, 0.717) is 19.5 Å². The molecule has 0 saturated carbocycles. The Morgan fingerprint density at radius 1 is 1.23 bits per heavy atom. The van der Waals surface area contributed by atoms with Crippen LogP contribution < -0.4 is 10.1 Å². The average molecular weight is 381 g/mol. The van der Waals surface area contributed by atoms with E-state index in [2.05, 4.69) is 5.32 Å². The number of hydrogen-bond acceptors (Lipinski definition) is 4. The maximum Gasteiger partial charge on any atom is 0.321 e. The summed E-state index contributed by atoms with van der Waals surface area (Å²) in [6, 6.07) is 1.78.